The third kappa shape index (κ3) is 3.05. The summed E-state index contributed by atoms with van der Waals surface area (Å²) in [5.74, 6) is 0. The molecule has 0 saturated heterocycles. The third-order valence-corrected chi connectivity index (χ3v) is 2.55. The van der Waals surface area contributed by atoms with Crippen molar-refractivity contribution in [2.24, 2.45) is 5.41 Å². The highest BCUT2D eigenvalue weighted by atomic mass is 16.3. The van der Waals surface area contributed by atoms with E-state index in [1.807, 2.05) is 45.0 Å². The lowest BCUT2D eigenvalue weighted by molar-refractivity contribution is 0.0626. The molecule has 2 atom stereocenters. The van der Waals surface area contributed by atoms with Gasteiger partial charge in [-0.15, -0.1) is 0 Å². The summed E-state index contributed by atoms with van der Waals surface area (Å²) in [7, 11) is 0. The highest BCUT2D eigenvalue weighted by molar-refractivity contribution is 5.26. The summed E-state index contributed by atoms with van der Waals surface area (Å²) in [6, 6.07) is 7.46. The first kappa shape index (κ1) is 12.2. The maximum absolute atomic E-state index is 10.0. The molecule has 2 unspecified atom stereocenters. The minimum atomic E-state index is -0.472. The van der Waals surface area contributed by atoms with Crippen molar-refractivity contribution in [2.75, 3.05) is 0 Å². The molecule has 0 aliphatic carbocycles. The van der Waals surface area contributed by atoms with E-state index in [9.17, 15) is 10.2 Å². The second-order valence-corrected chi connectivity index (χ2v) is 5.11. The molecule has 0 aliphatic heterocycles. The van der Waals surface area contributed by atoms with Crippen molar-refractivity contribution < 1.29 is 10.2 Å². The van der Waals surface area contributed by atoms with Crippen LogP contribution in [0.15, 0.2) is 24.3 Å². The molecule has 2 nitrogen and oxygen atoms in total. The summed E-state index contributed by atoms with van der Waals surface area (Å²) in [5, 5.41) is 19.4. The Bertz CT molecular complexity index is 306. The smallest absolute Gasteiger partial charge is 0.0838 e. The molecule has 2 N–H and O–H groups in total. The quantitative estimate of drug-likeness (QED) is 0.784. The van der Waals surface area contributed by atoms with Crippen molar-refractivity contribution in [1.82, 2.24) is 0 Å². The monoisotopic (exact) mass is 208 g/mol. The lowest BCUT2D eigenvalue weighted by Gasteiger charge is -2.26. The molecule has 0 saturated carbocycles. The van der Waals surface area contributed by atoms with Gasteiger partial charge >= 0.3 is 0 Å². The lowest BCUT2D eigenvalue weighted by atomic mass is 9.84. The van der Waals surface area contributed by atoms with Crippen LogP contribution in [0.3, 0.4) is 0 Å². The Balaban J connectivity index is 2.89. The van der Waals surface area contributed by atoms with Gasteiger partial charge in [0, 0.05) is 0 Å². The topological polar surface area (TPSA) is 40.5 Å². The van der Waals surface area contributed by atoms with Crippen LogP contribution in [0.1, 0.15) is 51.0 Å². The Labute approximate surface area is 91.6 Å². The molecule has 0 radical (unpaired) electrons. The van der Waals surface area contributed by atoms with E-state index in [2.05, 4.69) is 0 Å². The molecular formula is C13H20O2. The zero-order valence-corrected chi connectivity index (χ0v) is 9.86. The van der Waals surface area contributed by atoms with Gasteiger partial charge in [0.1, 0.15) is 0 Å². The second-order valence-electron chi connectivity index (χ2n) is 5.11. The van der Waals surface area contributed by atoms with Gasteiger partial charge in [0.2, 0.25) is 0 Å². The molecule has 0 spiro atoms. The van der Waals surface area contributed by atoms with E-state index < -0.39 is 12.2 Å². The first-order valence-corrected chi connectivity index (χ1v) is 5.28. The number of benzene rings is 1. The number of hydrogen-bond acceptors (Lipinski definition) is 2. The molecule has 2 heteroatoms. The van der Waals surface area contributed by atoms with E-state index in [-0.39, 0.29) is 5.41 Å². The molecule has 0 amide bonds. The fourth-order valence-electron chi connectivity index (χ4n) is 1.46. The Hall–Kier alpha value is -0.860. The SMILES string of the molecule is CC(O)c1ccc(C(O)C(C)(C)C)cc1. The first-order chi connectivity index (χ1) is 6.82. The van der Waals surface area contributed by atoms with Gasteiger partial charge in [-0.1, -0.05) is 45.0 Å². The predicted molar refractivity (Wildman–Crippen MR) is 61.5 cm³/mol. The Morgan fingerprint density at radius 3 is 1.67 bits per heavy atom. The van der Waals surface area contributed by atoms with Crippen LogP contribution in [0.4, 0.5) is 0 Å². The van der Waals surface area contributed by atoms with Crippen LogP contribution in [0.2, 0.25) is 0 Å². The highest BCUT2D eigenvalue weighted by Gasteiger charge is 2.23. The number of aliphatic hydroxyl groups is 2. The van der Waals surface area contributed by atoms with Gasteiger partial charge < -0.3 is 10.2 Å². The molecule has 0 aliphatic rings. The average molecular weight is 208 g/mol. The standard InChI is InChI=1S/C13H20O2/c1-9(14)10-5-7-11(8-6-10)12(15)13(2,3)4/h5-9,12,14-15H,1-4H3. The molecule has 0 bridgehead atoms. The number of aliphatic hydroxyl groups excluding tert-OH is 2. The van der Waals surface area contributed by atoms with E-state index in [1.54, 1.807) is 6.92 Å². The Morgan fingerprint density at radius 1 is 0.933 bits per heavy atom. The van der Waals surface area contributed by atoms with Crippen molar-refractivity contribution in [1.29, 1.82) is 0 Å². The maximum atomic E-state index is 10.0. The molecule has 0 heterocycles. The number of hydrogen-bond donors (Lipinski definition) is 2. The van der Waals surface area contributed by atoms with Crippen LogP contribution in [0, 0.1) is 5.41 Å². The largest absolute Gasteiger partial charge is 0.389 e. The van der Waals surface area contributed by atoms with Crippen LogP contribution >= 0.6 is 0 Å². The molecular weight excluding hydrogens is 188 g/mol. The fourth-order valence-corrected chi connectivity index (χ4v) is 1.46. The zero-order valence-electron chi connectivity index (χ0n) is 9.86. The molecule has 1 rings (SSSR count). The third-order valence-electron chi connectivity index (χ3n) is 2.55. The van der Waals surface area contributed by atoms with Crippen molar-refractivity contribution >= 4 is 0 Å². The minimum absolute atomic E-state index is 0.160. The molecule has 0 aromatic heterocycles. The maximum Gasteiger partial charge on any atom is 0.0838 e. The van der Waals surface area contributed by atoms with Gasteiger partial charge in [0.05, 0.1) is 12.2 Å². The van der Waals surface area contributed by atoms with Gasteiger partial charge in [-0.05, 0) is 23.5 Å². The second kappa shape index (κ2) is 4.33. The van der Waals surface area contributed by atoms with E-state index in [1.165, 1.54) is 0 Å². The summed E-state index contributed by atoms with van der Waals surface area (Å²) in [6.07, 6.45) is -0.925. The fraction of sp³-hybridized carbons (Fsp3) is 0.538. The van der Waals surface area contributed by atoms with E-state index >= 15 is 0 Å². The lowest BCUT2D eigenvalue weighted by Crippen LogP contribution is -2.17. The van der Waals surface area contributed by atoms with E-state index in [0.717, 1.165) is 11.1 Å². The van der Waals surface area contributed by atoms with Crippen LogP contribution in [-0.4, -0.2) is 10.2 Å². The summed E-state index contributed by atoms with van der Waals surface area (Å²) < 4.78 is 0. The first-order valence-electron chi connectivity index (χ1n) is 5.28. The van der Waals surface area contributed by atoms with Crippen molar-refractivity contribution in [3.8, 4) is 0 Å². The molecule has 1 aromatic carbocycles. The van der Waals surface area contributed by atoms with Crippen LogP contribution in [0.25, 0.3) is 0 Å². The van der Waals surface area contributed by atoms with Gasteiger partial charge in [0.15, 0.2) is 0 Å². The van der Waals surface area contributed by atoms with E-state index in [0.29, 0.717) is 0 Å². The predicted octanol–water partition coefficient (Wildman–Crippen LogP) is 2.82. The highest BCUT2D eigenvalue weighted by Crippen LogP contribution is 2.32. The van der Waals surface area contributed by atoms with Crippen LogP contribution in [-0.2, 0) is 0 Å². The summed E-state index contributed by atoms with van der Waals surface area (Å²) in [5.41, 5.74) is 1.61. The minimum Gasteiger partial charge on any atom is -0.389 e. The Morgan fingerprint density at radius 2 is 1.33 bits per heavy atom. The van der Waals surface area contributed by atoms with Crippen molar-refractivity contribution in [3.05, 3.63) is 35.4 Å². The molecule has 15 heavy (non-hydrogen) atoms. The summed E-state index contributed by atoms with van der Waals surface area (Å²) >= 11 is 0. The zero-order chi connectivity index (χ0) is 11.6. The Kier molecular flexibility index (Phi) is 3.53. The van der Waals surface area contributed by atoms with Gasteiger partial charge in [-0.2, -0.15) is 0 Å². The van der Waals surface area contributed by atoms with Gasteiger partial charge in [-0.25, -0.2) is 0 Å². The molecule has 1 aromatic rings. The van der Waals surface area contributed by atoms with Crippen molar-refractivity contribution in [3.63, 3.8) is 0 Å². The number of rotatable bonds is 2. The average Bonchev–Trinajstić information content (AvgIpc) is 2.15. The normalized spacial score (nSPS) is 16.1. The van der Waals surface area contributed by atoms with Crippen LogP contribution < -0.4 is 0 Å². The molecule has 0 fully saturated rings. The molecule has 84 valence electrons. The summed E-state index contributed by atoms with van der Waals surface area (Å²) in [6.45, 7) is 7.73. The summed E-state index contributed by atoms with van der Waals surface area (Å²) in [4.78, 5) is 0. The van der Waals surface area contributed by atoms with Gasteiger partial charge in [0.25, 0.3) is 0 Å². The van der Waals surface area contributed by atoms with Crippen molar-refractivity contribution in [2.45, 2.75) is 39.9 Å². The van der Waals surface area contributed by atoms with E-state index in [4.69, 9.17) is 0 Å². The van der Waals surface area contributed by atoms with Crippen LogP contribution in [0.5, 0.6) is 0 Å². The van der Waals surface area contributed by atoms with Gasteiger partial charge in [-0.3, -0.25) is 0 Å².